The van der Waals surface area contributed by atoms with E-state index < -0.39 is 0 Å². The molecule has 0 unspecified atom stereocenters. The molecule has 0 saturated carbocycles. The second-order valence-corrected chi connectivity index (χ2v) is 4.39. The number of aromatic hydroxyl groups is 1. The minimum absolute atomic E-state index is 0.0644. The smallest absolute Gasteiger partial charge is 0.134 e. The fraction of sp³-hybridized carbons (Fsp3) is 0.143. The zero-order valence-electron chi connectivity index (χ0n) is 9.66. The molecule has 0 aliphatic rings. The minimum atomic E-state index is -0.214. The maximum Gasteiger partial charge on any atom is 0.134 e. The van der Waals surface area contributed by atoms with Gasteiger partial charge in [-0.1, -0.05) is 35.9 Å². The number of halogens is 2. The lowest BCUT2D eigenvalue weighted by Crippen LogP contribution is -2.13. The van der Waals surface area contributed by atoms with Crippen molar-refractivity contribution in [1.29, 1.82) is 0 Å². The van der Waals surface area contributed by atoms with Crippen LogP contribution >= 0.6 is 11.6 Å². The van der Waals surface area contributed by atoms with Crippen LogP contribution in [0.4, 0.5) is 4.39 Å². The quantitative estimate of drug-likeness (QED) is 0.887. The third-order valence-corrected chi connectivity index (χ3v) is 2.92. The van der Waals surface area contributed by atoms with Crippen molar-refractivity contribution in [3.8, 4) is 5.75 Å². The van der Waals surface area contributed by atoms with E-state index in [0.29, 0.717) is 23.7 Å². The summed E-state index contributed by atoms with van der Waals surface area (Å²) in [5, 5.41) is 12.7. The van der Waals surface area contributed by atoms with Gasteiger partial charge in [-0.05, 0) is 23.8 Å². The summed E-state index contributed by atoms with van der Waals surface area (Å²) >= 11 is 5.80. The lowest BCUT2D eigenvalue weighted by molar-refractivity contribution is 0.475. The Kier molecular flexibility index (Phi) is 4.18. The molecule has 0 saturated heterocycles. The summed E-state index contributed by atoms with van der Waals surface area (Å²) in [4.78, 5) is 0. The lowest BCUT2D eigenvalue weighted by Gasteiger charge is -2.07. The number of phenols is 1. The highest BCUT2D eigenvalue weighted by Crippen LogP contribution is 2.23. The summed E-state index contributed by atoms with van der Waals surface area (Å²) in [5.74, 6) is -0.150. The Balaban J connectivity index is 1.92. The Bertz CT molecular complexity index is 545. The van der Waals surface area contributed by atoms with Crippen LogP contribution in [0.3, 0.4) is 0 Å². The first kappa shape index (κ1) is 12.9. The molecule has 0 atom stereocenters. The average molecular weight is 266 g/mol. The molecule has 0 heterocycles. The van der Waals surface area contributed by atoms with Crippen molar-refractivity contribution in [3.63, 3.8) is 0 Å². The molecule has 0 amide bonds. The predicted octanol–water partition coefficient (Wildman–Crippen LogP) is 3.47. The van der Waals surface area contributed by atoms with Crippen molar-refractivity contribution in [1.82, 2.24) is 5.32 Å². The van der Waals surface area contributed by atoms with Gasteiger partial charge in [-0.3, -0.25) is 0 Å². The van der Waals surface area contributed by atoms with E-state index in [1.54, 1.807) is 36.4 Å². The second-order valence-electron chi connectivity index (χ2n) is 3.98. The maximum atomic E-state index is 13.3. The van der Waals surface area contributed by atoms with Gasteiger partial charge < -0.3 is 10.4 Å². The molecule has 18 heavy (non-hydrogen) atoms. The first-order valence-corrected chi connectivity index (χ1v) is 5.96. The third-order valence-electron chi connectivity index (χ3n) is 2.61. The molecule has 2 N–H and O–H groups in total. The number of rotatable bonds is 4. The van der Waals surface area contributed by atoms with Gasteiger partial charge in [0.1, 0.15) is 11.6 Å². The van der Waals surface area contributed by atoms with Gasteiger partial charge >= 0.3 is 0 Å². The van der Waals surface area contributed by atoms with Crippen LogP contribution in [0.5, 0.6) is 5.75 Å². The van der Waals surface area contributed by atoms with E-state index in [-0.39, 0.29) is 11.6 Å². The van der Waals surface area contributed by atoms with Gasteiger partial charge in [0.15, 0.2) is 0 Å². The van der Waals surface area contributed by atoms with Crippen molar-refractivity contribution >= 4 is 11.6 Å². The van der Waals surface area contributed by atoms with Gasteiger partial charge in [0, 0.05) is 18.7 Å². The van der Waals surface area contributed by atoms with Crippen LogP contribution in [0.15, 0.2) is 42.5 Å². The molecule has 2 rings (SSSR count). The van der Waals surface area contributed by atoms with Crippen molar-refractivity contribution < 1.29 is 9.50 Å². The van der Waals surface area contributed by atoms with Crippen LogP contribution in [0.1, 0.15) is 11.1 Å². The molecule has 0 radical (unpaired) electrons. The average Bonchev–Trinajstić information content (AvgIpc) is 2.36. The summed E-state index contributed by atoms with van der Waals surface area (Å²) in [5.41, 5.74) is 1.57. The standard InChI is InChI=1S/C14H13ClFNO/c15-12-7-10(5-6-14(12)18)8-17-9-11-3-1-2-4-13(11)16/h1-7,17-18H,8-9H2. The van der Waals surface area contributed by atoms with Crippen LogP contribution < -0.4 is 5.32 Å². The van der Waals surface area contributed by atoms with Gasteiger partial charge in [0.05, 0.1) is 5.02 Å². The van der Waals surface area contributed by atoms with E-state index in [0.717, 1.165) is 5.56 Å². The van der Waals surface area contributed by atoms with E-state index >= 15 is 0 Å². The zero-order chi connectivity index (χ0) is 13.0. The molecular weight excluding hydrogens is 253 g/mol. The molecule has 2 nitrogen and oxygen atoms in total. The summed E-state index contributed by atoms with van der Waals surface area (Å²) in [6, 6.07) is 11.7. The molecule has 2 aromatic rings. The zero-order valence-corrected chi connectivity index (χ0v) is 10.4. The summed E-state index contributed by atoms with van der Waals surface area (Å²) in [6.45, 7) is 1.01. The molecule has 4 heteroatoms. The summed E-state index contributed by atoms with van der Waals surface area (Å²) in [6.07, 6.45) is 0. The summed E-state index contributed by atoms with van der Waals surface area (Å²) in [7, 11) is 0. The Labute approximate surface area is 110 Å². The first-order valence-electron chi connectivity index (χ1n) is 5.58. The van der Waals surface area contributed by atoms with E-state index in [1.165, 1.54) is 6.07 Å². The number of phenolic OH excluding ortho intramolecular Hbond substituents is 1. The Morgan fingerprint density at radius 2 is 1.89 bits per heavy atom. The fourth-order valence-electron chi connectivity index (χ4n) is 1.64. The first-order chi connectivity index (χ1) is 8.66. The van der Waals surface area contributed by atoms with Crippen LogP contribution in [0.2, 0.25) is 5.02 Å². The highest BCUT2D eigenvalue weighted by atomic mass is 35.5. The lowest BCUT2D eigenvalue weighted by atomic mass is 10.2. The fourth-order valence-corrected chi connectivity index (χ4v) is 1.85. The van der Waals surface area contributed by atoms with Crippen molar-refractivity contribution in [3.05, 3.63) is 64.4 Å². The van der Waals surface area contributed by atoms with Gasteiger partial charge in [-0.25, -0.2) is 4.39 Å². The highest BCUT2D eigenvalue weighted by Gasteiger charge is 2.02. The van der Waals surface area contributed by atoms with Gasteiger partial charge in [0.2, 0.25) is 0 Å². The Hall–Kier alpha value is -1.58. The number of hydrogen-bond donors (Lipinski definition) is 2. The molecule has 0 spiro atoms. The Morgan fingerprint density at radius 3 is 2.61 bits per heavy atom. The SMILES string of the molecule is Oc1ccc(CNCc2ccccc2F)cc1Cl. The van der Waals surface area contributed by atoms with Crippen molar-refractivity contribution in [2.45, 2.75) is 13.1 Å². The van der Waals surface area contributed by atoms with E-state index in [2.05, 4.69) is 5.32 Å². The maximum absolute atomic E-state index is 13.3. The van der Waals surface area contributed by atoms with E-state index in [4.69, 9.17) is 11.6 Å². The van der Waals surface area contributed by atoms with E-state index in [9.17, 15) is 9.50 Å². The largest absolute Gasteiger partial charge is 0.506 e. The number of hydrogen-bond acceptors (Lipinski definition) is 2. The van der Waals surface area contributed by atoms with Gasteiger partial charge in [-0.2, -0.15) is 0 Å². The Morgan fingerprint density at radius 1 is 1.11 bits per heavy atom. The molecule has 0 aliphatic heterocycles. The third kappa shape index (κ3) is 3.22. The van der Waals surface area contributed by atoms with Crippen LogP contribution in [-0.2, 0) is 13.1 Å². The van der Waals surface area contributed by atoms with Crippen LogP contribution in [0, 0.1) is 5.82 Å². The summed E-state index contributed by atoms with van der Waals surface area (Å²) < 4.78 is 13.3. The molecule has 0 aromatic heterocycles. The molecule has 0 fully saturated rings. The monoisotopic (exact) mass is 265 g/mol. The van der Waals surface area contributed by atoms with Crippen molar-refractivity contribution in [2.75, 3.05) is 0 Å². The molecule has 94 valence electrons. The number of nitrogens with one attached hydrogen (secondary N) is 1. The molecule has 2 aromatic carbocycles. The van der Waals surface area contributed by atoms with Crippen LogP contribution in [0.25, 0.3) is 0 Å². The topological polar surface area (TPSA) is 32.3 Å². The second kappa shape index (κ2) is 5.85. The van der Waals surface area contributed by atoms with Gasteiger partial charge in [0.25, 0.3) is 0 Å². The normalized spacial score (nSPS) is 10.6. The van der Waals surface area contributed by atoms with Gasteiger partial charge in [-0.15, -0.1) is 0 Å². The minimum Gasteiger partial charge on any atom is -0.506 e. The van der Waals surface area contributed by atoms with Crippen LogP contribution in [-0.4, -0.2) is 5.11 Å². The molecule has 0 bridgehead atoms. The molecule has 0 aliphatic carbocycles. The van der Waals surface area contributed by atoms with E-state index in [1.807, 2.05) is 0 Å². The number of benzene rings is 2. The van der Waals surface area contributed by atoms with Crippen molar-refractivity contribution in [2.24, 2.45) is 0 Å². The molecular formula is C14H13ClFNO. The predicted molar refractivity (Wildman–Crippen MR) is 70.1 cm³/mol. The highest BCUT2D eigenvalue weighted by molar-refractivity contribution is 6.32.